The third-order valence-corrected chi connectivity index (χ3v) is 4.13. The van der Waals surface area contributed by atoms with E-state index in [4.69, 9.17) is 0 Å². The standard InChI is InChI=1S/C14H22/c1-2-12-8-10-14(11-9-12)13-6-4-3-5-7-13/h2-4,12-14H,1,5-11H2. The van der Waals surface area contributed by atoms with Gasteiger partial charge < -0.3 is 0 Å². The first kappa shape index (κ1) is 10.0. The lowest BCUT2D eigenvalue weighted by atomic mass is 9.72. The molecule has 1 fully saturated rings. The number of rotatable bonds is 2. The van der Waals surface area contributed by atoms with Crippen LogP contribution in [-0.4, -0.2) is 0 Å². The van der Waals surface area contributed by atoms with Crippen LogP contribution in [-0.2, 0) is 0 Å². The van der Waals surface area contributed by atoms with Crippen molar-refractivity contribution in [2.24, 2.45) is 17.8 Å². The van der Waals surface area contributed by atoms with Gasteiger partial charge in [0.2, 0.25) is 0 Å². The molecule has 0 heteroatoms. The monoisotopic (exact) mass is 190 g/mol. The second kappa shape index (κ2) is 4.82. The first-order valence-electron chi connectivity index (χ1n) is 6.17. The highest BCUT2D eigenvalue weighted by Crippen LogP contribution is 2.38. The second-order valence-corrected chi connectivity index (χ2v) is 4.96. The van der Waals surface area contributed by atoms with E-state index in [-0.39, 0.29) is 0 Å². The van der Waals surface area contributed by atoms with Gasteiger partial charge in [-0.25, -0.2) is 0 Å². The molecule has 2 aliphatic rings. The lowest BCUT2D eigenvalue weighted by Crippen LogP contribution is -2.21. The molecule has 0 aromatic heterocycles. The molecule has 1 atom stereocenters. The Labute approximate surface area is 88.1 Å². The highest BCUT2D eigenvalue weighted by Gasteiger charge is 2.26. The van der Waals surface area contributed by atoms with Crippen LogP contribution in [0.15, 0.2) is 24.8 Å². The Hall–Kier alpha value is -0.520. The molecule has 0 N–H and O–H groups in total. The van der Waals surface area contributed by atoms with Crippen molar-refractivity contribution in [1.29, 1.82) is 0 Å². The van der Waals surface area contributed by atoms with Gasteiger partial charge in [0.05, 0.1) is 0 Å². The minimum absolute atomic E-state index is 0.824. The van der Waals surface area contributed by atoms with Crippen molar-refractivity contribution in [3.63, 3.8) is 0 Å². The Morgan fingerprint density at radius 2 is 1.71 bits per heavy atom. The normalized spacial score (nSPS) is 38.1. The van der Waals surface area contributed by atoms with Gasteiger partial charge in [-0.2, -0.15) is 0 Å². The van der Waals surface area contributed by atoms with Gasteiger partial charge >= 0.3 is 0 Å². The summed E-state index contributed by atoms with van der Waals surface area (Å²) >= 11 is 0. The van der Waals surface area contributed by atoms with Gasteiger partial charge in [0.25, 0.3) is 0 Å². The maximum absolute atomic E-state index is 3.91. The van der Waals surface area contributed by atoms with E-state index < -0.39 is 0 Å². The van der Waals surface area contributed by atoms with Crippen LogP contribution in [0.3, 0.4) is 0 Å². The van der Waals surface area contributed by atoms with E-state index in [2.05, 4.69) is 24.8 Å². The molecule has 2 aliphatic carbocycles. The number of allylic oxidation sites excluding steroid dienone is 3. The van der Waals surface area contributed by atoms with Crippen molar-refractivity contribution < 1.29 is 0 Å². The Balaban J connectivity index is 1.82. The van der Waals surface area contributed by atoms with Crippen molar-refractivity contribution in [2.75, 3.05) is 0 Å². The molecular formula is C14H22. The van der Waals surface area contributed by atoms with E-state index in [1.807, 2.05) is 0 Å². The van der Waals surface area contributed by atoms with Crippen molar-refractivity contribution >= 4 is 0 Å². The van der Waals surface area contributed by atoms with Gasteiger partial charge in [0, 0.05) is 0 Å². The van der Waals surface area contributed by atoms with Gasteiger partial charge in [-0.05, 0) is 62.7 Å². The van der Waals surface area contributed by atoms with Gasteiger partial charge in [-0.1, -0.05) is 18.2 Å². The quantitative estimate of drug-likeness (QED) is 0.568. The zero-order valence-corrected chi connectivity index (χ0v) is 9.12. The van der Waals surface area contributed by atoms with E-state index in [1.165, 1.54) is 44.9 Å². The van der Waals surface area contributed by atoms with Crippen LogP contribution < -0.4 is 0 Å². The molecule has 0 bridgehead atoms. The molecule has 78 valence electrons. The third-order valence-electron chi connectivity index (χ3n) is 4.13. The molecule has 0 aromatic carbocycles. The fourth-order valence-electron chi connectivity index (χ4n) is 3.10. The molecule has 0 radical (unpaired) electrons. The van der Waals surface area contributed by atoms with Crippen LogP contribution in [0, 0.1) is 17.8 Å². The van der Waals surface area contributed by atoms with E-state index in [1.54, 1.807) is 0 Å². The SMILES string of the molecule is C=CC1CCC(C2CC=CCC2)CC1. The summed E-state index contributed by atoms with van der Waals surface area (Å²) in [7, 11) is 0. The van der Waals surface area contributed by atoms with Crippen LogP contribution in [0.25, 0.3) is 0 Å². The molecule has 14 heavy (non-hydrogen) atoms. The molecule has 2 rings (SSSR count). The van der Waals surface area contributed by atoms with Crippen molar-refractivity contribution in [3.8, 4) is 0 Å². The van der Waals surface area contributed by atoms with Gasteiger partial charge in [0.15, 0.2) is 0 Å². The second-order valence-electron chi connectivity index (χ2n) is 4.96. The van der Waals surface area contributed by atoms with E-state index >= 15 is 0 Å². The summed E-state index contributed by atoms with van der Waals surface area (Å²) in [6.07, 6.45) is 16.7. The summed E-state index contributed by atoms with van der Waals surface area (Å²) in [5.74, 6) is 2.85. The first-order valence-corrected chi connectivity index (χ1v) is 6.17. The number of hydrogen-bond acceptors (Lipinski definition) is 0. The molecule has 1 unspecified atom stereocenters. The molecule has 0 spiro atoms. The van der Waals surface area contributed by atoms with Crippen LogP contribution >= 0.6 is 0 Å². The first-order chi connectivity index (χ1) is 6.90. The molecule has 1 saturated carbocycles. The fourth-order valence-corrected chi connectivity index (χ4v) is 3.10. The average molecular weight is 190 g/mol. The zero-order chi connectivity index (χ0) is 9.80. The highest BCUT2D eigenvalue weighted by molar-refractivity contribution is 4.94. The number of hydrogen-bond donors (Lipinski definition) is 0. The molecular weight excluding hydrogens is 168 g/mol. The van der Waals surface area contributed by atoms with E-state index in [0.717, 1.165) is 17.8 Å². The molecule has 0 aliphatic heterocycles. The Morgan fingerprint density at radius 1 is 0.929 bits per heavy atom. The average Bonchev–Trinajstić information content (AvgIpc) is 2.30. The van der Waals surface area contributed by atoms with Crippen molar-refractivity contribution in [1.82, 2.24) is 0 Å². The van der Waals surface area contributed by atoms with E-state index in [9.17, 15) is 0 Å². The van der Waals surface area contributed by atoms with Crippen LogP contribution in [0.4, 0.5) is 0 Å². The predicted octanol–water partition coefficient (Wildman–Crippen LogP) is 4.34. The molecule has 0 saturated heterocycles. The smallest absolute Gasteiger partial charge is 0.0236 e. The van der Waals surface area contributed by atoms with E-state index in [0.29, 0.717) is 0 Å². The molecule has 0 nitrogen and oxygen atoms in total. The maximum Gasteiger partial charge on any atom is -0.0236 e. The topological polar surface area (TPSA) is 0 Å². The fraction of sp³-hybridized carbons (Fsp3) is 0.714. The summed E-state index contributed by atoms with van der Waals surface area (Å²) in [5.41, 5.74) is 0. The lowest BCUT2D eigenvalue weighted by molar-refractivity contribution is 0.211. The summed E-state index contributed by atoms with van der Waals surface area (Å²) < 4.78 is 0. The van der Waals surface area contributed by atoms with Crippen molar-refractivity contribution in [3.05, 3.63) is 24.8 Å². The van der Waals surface area contributed by atoms with Crippen LogP contribution in [0.5, 0.6) is 0 Å². The van der Waals surface area contributed by atoms with Gasteiger partial charge in [-0.3, -0.25) is 0 Å². The maximum atomic E-state index is 3.91. The molecule has 0 heterocycles. The Bertz CT molecular complexity index is 206. The van der Waals surface area contributed by atoms with Crippen molar-refractivity contribution in [2.45, 2.75) is 44.9 Å². The van der Waals surface area contributed by atoms with Crippen LogP contribution in [0.1, 0.15) is 44.9 Å². The highest BCUT2D eigenvalue weighted by atomic mass is 14.3. The zero-order valence-electron chi connectivity index (χ0n) is 9.12. The minimum Gasteiger partial charge on any atom is -0.103 e. The summed E-state index contributed by atoms with van der Waals surface area (Å²) in [5, 5.41) is 0. The molecule has 0 amide bonds. The Morgan fingerprint density at radius 3 is 2.29 bits per heavy atom. The summed E-state index contributed by atoms with van der Waals surface area (Å²) in [6, 6.07) is 0. The third kappa shape index (κ3) is 2.29. The van der Waals surface area contributed by atoms with Gasteiger partial charge in [0.1, 0.15) is 0 Å². The Kier molecular flexibility index (Phi) is 3.44. The molecule has 0 aromatic rings. The summed E-state index contributed by atoms with van der Waals surface area (Å²) in [4.78, 5) is 0. The summed E-state index contributed by atoms with van der Waals surface area (Å²) in [6.45, 7) is 3.91. The largest absolute Gasteiger partial charge is 0.103 e. The lowest BCUT2D eigenvalue weighted by Gasteiger charge is -2.33. The van der Waals surface area contributed by atoms with Gasteiger partial charge in [-0.15, -0.1) is 6.58 Å². The van der Waals surface area contributed by atoms with Crippen LogP contribution in [0.2, 0.25) is 0 Å². The minimum atomic E-state index is 0.824. The predicted molar refractivity (Wildman–Crippen MR) is 62.1 cm³/mol.